The van der Waals surface area contributed by atoms with Crippen molar-refractivity contribution >= 4 is 23.5 Å². The minimum absolute atomic E-state index is 0.000278. The van der Waals surface area contributed by atoms with Crippen molar-refractivity contribution in [2.45, 2.75) is 18.1 Å². The van der Waals surface area contributed by atoms with E-state index in [1.54, 1.807) is 24.4 Å². The molecule has 0 radical (unpaired) electrons. The number of hydrogen-bond donors (Lipinski definition) is 4. The number of benzene rings is 1. The third-order valence-electron chi connectivity index (χ3n) is 3.34. The van der Waals surface area contributed by atoms with Gasteiger partial charge in [0.1, 0.15) is 23.2 Å². The van der Waals surface area contributed by atoms with Crippen LogP contribution < -0.4 is 11.4 Å². The molecule has 0 aliphatic carbocycles. The van der Waals surface area contributed by atoms with Crippen LogP contribution in [0.15, 0.2) is 41.3 Å². The second-order valence-electron chi connectivity index (χ2n) is 5.32. The fourth-order valence-electron chi connectivity index (χ4n) is 2.12. The van der Waals surface area contributed by atoms with Crippen LogP contribution in [0.4, 0.5) is 5.82 Å². The summed E-state index contributed by atoms with van der Waals surface area (Å²) in [7, 11) is 0. The van der Waals surface area contributed by atoms with E-state index in [2.05, 4.69) is 4.98 Å². The number of phenolic OH excluding ortho intramolecular Hbond substituents is 1. The van der Waals surface area contributed by atoms with E-state index in [1.165, 1.54) is 28.5 Å². The van der Waals surface area contributed by atoms with Gasteiger partial charge in [0.2, 0.25) is 0 Å². The molecule has 0 bridgehead atoms. The maximum Gasteiger partial charge on any atom is 0.351 e. The average molecular weight is 381 g/mol. The number of aliphatic hydroxyl groups excluding tert-OH is 1. The van der Waals surface area contributed by atoms with Gasteiger partial charge in [0.15, 0.2) is 0 Å². The van der Waals surface area contributed by atoms with E-state index in [4.69, 9.17) is 25.8 Å². The second-order valence-corrected chi connectivity index (χ2v) is 6.51. The molecule has 2 aromatic rings. The number of nitrogens with two attached hydrogens (primary N) is 1. The van der Waals surface area contributed by atoms with Crippen molar-refractivity contribution in [1.29, 1.82) is 0 Å². The molecule has 0 amide bonds. The molecule has 1 aromatic carbocycles. The monoisotopic (exact) mass is 381 g/mol. The lowest BCUT2D eigenvalue weighted by molar-refractivity contribution is -0.136. The van der Waals surface area contributed by atoms with Crippen molar-refractivity contribution in [2.24, 2.45) is 0 Å². The number of rotatable bonds is 4. The standard InChI is InChI=1S/C8H11N3O3S.C8H8O3/c9-5-1-2-11(8(13)10-5)6-4-15-7(3-12)14-6;9-7-3-1-6(2-4-7)5-8(10)11/h1-2,6-7,12H,3-4H2,(H2,9,10,13);1-4,9H,5H2,(H,10,11)/t6-,7+;/m0./s1. The summed E-state index contributed by atoms with van der Waals surface area (Å²) in [5.41, 5.74) is 5.36. The highest BCUT2D eigenvalue weighted by atomic mass is 32.2. The van der Waals surface area contributed by atoms with Crippen molar-refractivity contribution < 1.29 is 24.9 Å². The number of ether oxygens (including phenoxy) is 1. The molecule has 0 saturated carbocycles. The SMILES string of the molecule is Nc1ccn([C@@H]2CS[C@H](CO)O2)c(=O)n1.O=C(O)Cc1ccc(O)cc1. The molecular weight excluding hydrogens is 362 g/mol. The average Bonchev–Trinajstić information content (AvgIpc) is 3.06. The number of phenols is 1. The van der Waals surface area contributed by atoms with Crippen LogP contribution in [0.3, 0.4) is 0 Å². The smallest absolute Gasteiger partial charge is 0.351 e. The van der Waals surface area contributed by atoms with Crippen molar-refractivity contribution in [3.8, 4) is 5.75 Å². The molecule has 1 aliphatic rings. The van der Waals surface area contributed by atoms with Crippen LogP contribution >= 0.6 is 11.8 Å². The molecule has 9 nitrogen and oxygen atoms in total. The number of aromatic nitrogens is 2. The van der Waals surface area contributed by atoms with E-state index >= 15 is 0 Å². The summed E-state index contributed by atoms with van der Waals surface area (Å²) < 4.78 is 6.79. The fourth-order valence-corrected chi connectivity index (χ4v) is 3.05. The Bertz CT molecular complexity index is 795. The van der Waals surface area contributed by atoms with Crippen molar-refractivity contribution in [3.63, 3.8) is 0 Å². The summed E-state index contributed by atoms with van der Waals surface area (Å²) >= 11 is 1.47. The highest BCUT2D eigenvalue weighted by Crippen LogP contribution is 2.30. The van der Waals surface area contributed by atoms with Crippen molar-refractivity contribution in [3.05, 3.63) is 52.6 Å². The predicted octanol–water partition coefficient (Wildman–Crippen LogP) is 0.425. The zero-order valence-electron chi connectivity index (χ0n) is 13.7. The first kappa shape index (κ1) is 19.8. The first-order valence-electron chi connectivity index (χ1n) is 7.61. The fraction of sp³-hybridized carbons (Fsp3) is 0.312. The summed E-state index contributed by atoms with van der Waals surface area (Å²) in [6.45, 7) is -0.0572. The molecule has 1 aliphatic heterocycles. The lowest BCUT2D eigenvalue weighted by Gasteiger charge is -2.13. The maximum atomic E-state index is 11.4. The molecule has 5 N–H and O–H groups in total. The van der Waals surface area contributed by atoms with Gasteiger partial charge in [-0.2, -0.15) is 4.98 Å². The zero-order chi connectivity index (χ0) is 19.1. The number of aromatic hydroxyl groups is 1. The quantitative estimate of drug-likeness (QED) is 0.591. The summed E-state index contributed by atoms with van der Waals surface area (Å²) in [5, 5.41) is 26.1. The first-order valence-corrected chi connectivity index (χ1v) is 8.66. The molecule has 0 unspecified atom stereocenters. The van der Waals surface area contributed by atoms with E-state index in [9.17, 15) is 9.59 Å². The van der Waals surface area contributed by atoms with Crippen LogP contribution in [0.1, 0.15) is 11.8 Å². The minimum Gasteiger partial charge on any atom is -0.508 e. The number of anilines is 1. The predicted molar refractivity (Wildman–Crippen MR) is 95.8 cm³/mol. The Morgan fingerprint density at radius 2 is 2.04 bits per heavy atom. The number of nitrogen functional groups attached to an aromatic ring is 1. The van der Waals surface area contributed by atoms with Crippen LogP contribution in [-0.4, -0.2) is 48.6 Å². The highest BCUT2D eigenvalue weighted by Gasteiger charge is 2.27. The van der Waals surface area contributed by atoms with Crippen molar-refractivity contribution in [1.82, 2.24) is 9.55 Å². The number of aliphatic hydroxyl groups is 1. The lowest BCUT2D eigenvalue weighted by Crippen LogP contribution is -2.28. The summed E-state index contributed by atoms with van der Waals surface area (Å²) in [6.07, 6.45) is 1.18. The van der Waals surface area contributed by atoms with Gasteiger partial charge in [-0.3, -0.25) is 9.36 Å². The van der Waals surface area contributed by atoms with Crippen LogP contribution in [0.5, 0.6) is 5.75 Å². The molecule has 2 atom stereocenters. The number of nitrogens with zero attached hydrogens (tertiary/aromatic N) is 2. The molecular formula is C16H19N3O6S. The third-order valence-corrected chi connectivity index (χ3v) is 4.45. The molecule has 1 aromatic heterocycles. The molecule has 140 valence electrons. The molecule has 26 heavy (non-hydrogen) atoms. The van der Waals surface area contributed by atoms with E-state index in [0.29, 0.717) is 11.3 Å². The zero-order valence-corrected chi connectivity index (χ0v) is 14.5. The summed E-state index contributed by atoms with van der Waals surface area (Å²) in [6, 6.07) is 7.66. The highest BCUT2D eigenvalue weighted by molar-refractivity contribution is 8.00. The third kappa shape index (κ3) is 5.76. The Balaban J connectivity index is 0.000000197. The topological polar surface area (TPSA) is 148 Å². The van der Waals surface area contributed by atoms with Gasteiger partial charge in [0.05, 0.1) is 13.0 Å². The van der Waals surface area contributed by atoms with Gasteiger partial charge in [-0.25, -0.2) is 4.79 Å². The molecule has 2 heterocycles. The van der Waals surface area contributed by atoms with Gasteiger partial charge in [-0.1, -0.05) is 12.1 Å². The number of hydrogen-bond acceptors (Lipinski definition) is 8. The number of thioether (sulfide) groups is 1. The van der Waals surface area contributed by atoms with Gasteiger partial charge in [0, 0.05) is 11.9 Å². The second kappa shape index (κ2) is 9.22. The molecule has 10 heteroatoms. The first-order chi connectivity index (χ1) is 12.4. The van der Waals surface area contributed by atoms with E-state index < -0.39 is 11.7 Å². The van der Waals surface area contributed by atoms with Gasteiger partial charge in [-0.05, 0) is 23.8 Å². The molecule has 3 rings (SSSR count). The van der Waals surface area contributed by atoms with Crippen LogP contribution in [0.2, 0.25) is 0 Å². The Labute approximate surface area is 153 Å². The van der Waals surface area contributed by atoms with Crippen LogP contribution in [0, 0.1) is 0 Å². The Morgan fingerprint density at radius 3 is 2.58 bits per heavy atom. The normalized spacial score (nSPS) is 18.8. The van der Waals surface area contributed by atoms with Crippen molar-refractivity contribution in [2.75, 3.05) is 18.1 Å². The largest absolute Gasteiger partial charge is 0.508 e. The van der Waals surface area contributed by atoms with Gasteiger partial charge < -0.3 is 25.8 Å². The molecule has 1 saturated heterocycles. The number of aliphatic carboxylic acids is 1. The Hall–Kier alpha value is -2.56. The summed E-state index contributed by atoms with van der Waals surface area (Å²) in [4.78, 5) is 25.2. The number of carbonyl (C=O) groups is 1. The van der Waals surface area contributed by atoms with E-state index in [1.807, 2.05) is 0 Å². The lowest BCUT2D eigenvalue weighted by atomic mass is 10.1. The minimum atomic E-state index is -0.865. The van der Waals surface area contributed by atoms with Gasteiger partial charge in [0.25, 0.3) is 0 Å². The number of carboxylic acids is 1. The molecule has 1 fully saturated rings. The maximum absolute atomic E-state index is 11.4. The Morgan fingerprint density at radius 1 is 1.35 bits per heavy atom. The Kier molecular flexibility index (Phi) is 7.01. The van der Waals surface area contributed by atoms with Crippen LogP contribution in [0.25, 0.3) is 0 Å². The van der Waals surface area contributed by atoms with Crippen LogP contribution in [-0.2, 0) is 16.0 Å². The molecule has 0 spiro atoms. The van der Waals surface area contributed by atoms with Gasteiger partial charge in [-0.15, -0.1) is 11.8 Å². The van der Waals surface area contributed by atoms with E-state index in [-0.39, 0.29) is 36.3 Å². The van der Waals surface area contributed by atoms with E-state index in [0.717, 1.165) is 0 Å². The van der Waals surface area contributed by atoms with Gasteiger partial charge >= 0.3 is 11.7 Å². The number of carboxylic acid groups (broad SMARTS) is 1. The summed E-state index contributed by atoms with van der Waals surface area (Å²) in [5.74, 6) is 0.104.